The second-order valence-electron chi connectivity index (χ2n) is 6.94. The molecule has 1 N–H and O–H groups in total. The first-order valence-corrected chi connectivity index (χ1v) is 9.24. The van der Waals surface area contributed by atoms with Gasteiger partial charge in [-0.05, 0) is 29.3 Å². The zero-order valence-corrected chi connectivity index (χ0v) is 15.6. The van der Waals surface area contributed by atoms with Crippen molar-refractivity contribution in [3.8, 4) is 5.75 Å². The van der Waals surface area contributed by atoms with Gasteiger partial charge in [-0.2, -0.15) is 13.2 Å². The number of aliphatic hydroxyl groups is 1. The van der Waals surface area contributed by atoms with Gasteiger partial charge in [0.25, 0.3) is 0 Å². The molecule has 4 rings (SSSR count). The van der Waals surface area contributed by atoms with Crippen LogP contribution in [0.2, 0.25) is 0 Å². The Bertz CT molecular complexity index is 1120. The van der Waals surface area contributed by atoms with Crippen molar-refractivity contribution in [3.05, 3.63) is 99.1 Å². The summed E-state index contributed by atoms with van der Waals surface area (Å²) < 4.78 is 49.3. The number of aliphatic hydroxyl groups excluding tert-OH is 1. The second kappa shape index (κ2) is 7.84. The lowest BCUT2D eigenvalue weighted by Gasteiger charge is -2.28. The fourth-order valence-electron chi connectivity index (χ4n) is 3.46. The van der Waals surface area contributed by atoms with Gasteiger partial charge < -0.3 is 14.3 Å². The van der Waals surface area contributed by atoms with Gasteiger partial charge in [0.05, 0.1) is 11.1 Å². The highest BCUT2D eigenvalue weighted by atomic mass is 19.4. The molecule has 1 aromatic heterocycles. The Morgan fingerprint density at radius 2 is 1.70 bits per heavy atom. The number of hydrogen-bond donors (Lipinski definition) is 1. The van der Waals surface area contributed by atoms with Crippen molar-refractivity contribution in [2.75, 3.05) is 0 Å². The molecule has 0 saturated carbocycles. The van der Waals surface area contributed by atoms with Crippen LogP contribution >= 0.6 is 0 Å². The van der Waals surface area contributed by atoms with E-state index in [1.165, 1.54) is 18.2 Å². The van der Waals surface area contributed by atoms with Gasteiger partial charge in [0, 0.05) is 18.4 Å². The van der Waals surface area contributed by atoms with Gasteiger partial charge in [0.1, 0.15) is 11.5 Å². The molecular formula is C23H17F3O4. The van der Waals surface area contributed by atoms with Crippen LogP contribution in [-0.2, 0) is 6.18 Å². The smallest absolute Gasteiger partial charge is 0.416 e. The Hall–Kier alpha value is -3.32. The molecular weight excluding hydrogens is 397 g/mol. The van der Waals surface area contributed by atoms with Crippen LogP contribution in [-0.4, -0.2) is 11.4 Å². The molecule has 0 saturated heterocycles. The van der Waals surface area contributed by atoms with Crippen molar-refractivity contribution < 1.29 is 27.4 Å². The summed E-state index contributed by atoms with van der Waals surface area (Å²) in [4.78, 5) is 12.7. The summed E-state index contributed by atoms with van der Waals surface area (Å²) in [5.74, 6) is -0.250. The summed E-state index contributed by atoms with van der Waals surface area (Å²) in [6.07, 6.45) is -2.25. The molecule has 1 aliphatic heterocycles. The standard InChI is InChI=1S/C23H17F3O4/c24-23(25,26)16-9-7-15(8-10-16)18-13-20(27)30-19-12-17(29-22(28)21(18)19)11-6-14-4-2-1-3-5-14/h1-12,18,20,27H,13H2/b11-6+/t18-,20?/m0/s1. The van der Waals surface area contributed by atoms with Gasteiger partial charge in [0.15, 0.2) is 6.29 Å². The fourth-order valence-corrected chi connectivity index (χ4v) is 3.46. The van der Waals surface area contributed by atoms with Gasteiger partial charge in [-0.15, -0.1) is 0 Å². The maximum absolute atomic E-state index is 12.8. The van der Waals surface area contributed by atoms with Gasteiger partial charge in [-0.3, -0.25) is 0 Å². The molecule has 30 heavy (non-hydrogen) atoms. The molecule has 3 aromatic rings. The van der Waals surface area contributed by atoms with Gasteiger partial charge in [0.2, 0.25) is 0 Å². The minimum absolute atomic E-state index is 0.0301. The average Bonchev–Trinajstić information content (AvgIpc) is 2.71. The third kappa shape index (κ3) is 4.16. The van der Waals surface area contributed by atoms with E-state index >= 15 is 0 Å². The molecule has 0 bridgehead atoms. The molecule has 1 unspecified atom stereocenters. The van der Waals surface area contributed by atoms with Crippen molar-refractivity contribution in [1.29, 1.82) is 0 Å². The number of halogens is 3. The van der Waals surface area contributed by atoms with Crippen LogP contribution < -0.4 is 10.4 Å². The zero-order valence-electron chi connectivity index (χ0n) is 15.6. The highest BCUT2D eigenvalue weighted by Gasteiger charge is 2.34. The largest absolute Gasteiger partial charge is 0.464 e. The van der Waals surface area contributed by atoms with E-state index < -0.39 is 29.6 Å². The van der Waals surface area contributed by atoms with Crippen LogP contribution in [0.1, 0.15) is 40.4 Å². The van der Waals surface area contributed by atoms with E-state index in [9.17, 15) is 23.1 Å². The third-order valence-electron chi connectivity index (χ3n) is 4.90. The topological polar surface area (TPSA) is 59.7 Å². The summed E-state index contributed by atoms with van der Waals surface area (Å²) >= 11 is 0. The van der Waals surface area contributed by atoms with E-state index in [1.54, 1.807) is 12.2 Å². The summed E-state index contributed by atoms with van der Waals surface area (Å²) in [6, 6.07) is 15.4. The lowest BCUT2D eigenvalue weighted by molar-refractivity contribution is -0.137. The molecule has 154 valence electrons. The van der Waals surface area contributed by atoms with Crippen LogP contribution in [0.3, 0.4) is 0 Å². The minimum Gasteiger partial charge on any atom is -0.464 e. The predicted octanol–water partition coefficient (Wildman–Crippen LogP) is 5.06. The van der Waals surface area contributed by atoms with Crippen molar-refractivity contribution in [3.63, 3.8) is 0 Å². The highest BCUT2D eigenvalue weighted by Crippen LogP contribution is 2.39. The monoisotopic (exact) mass is 414 g/mol. The molecule has 0 amide bonds. The quantitative estimate of drug-likeness (QED) is 0.651. The highest BCUT2D eigenvalue weighted by molar-refractivity contribution is 5.68. The summed E-state index contributed by atoms with van der Waals surface area (Å²) in [7, 11) is 0. The Morgan fingerprint density at radius 1 is 1.00 bits per heavy atom. The number of fused-ring (bicyclic) bond motifs is 1. The van der Waals surface area contributed by atoms with Crippen LogP contribution in [0.5, 0.6) is 5.75 Å². The first kappa shape index (κ1) is 20.0. The molecule has 2 heterocycles. The van der Waals surface area contributed by atoms with Gasteiger partial charge in [-0.1, -0.05) is 48.5 Å². The fraction of sp³-hybridized carbons (Fsp3) is 0.174. The number of ether oxygens (including phenoxy) is 1. The van der Waals surface area contributed by atoms with Gasteiger partial charge >= 0.3 is 11.8 Å². The van der Waals surface area contributed by atoms with E-state index in [4.69, 9.17) is 9.15 Å². The molecule has 7 heteroatoms. The first-order chi connectivity index (χ1) is 14.3. The second-order valence-corrected chi connectivity index (χ2v) is 6.94. The molecule has 0 spiro atoms. The SMILES string of the molecule is O=c1oc(/C=C/c2ccccc2)cc2c1[C@H](c1ccc(C(F)(F)F)cc1)CC(O)O2. The van der Waals surface area contributed by atoms with E-state index in [0.717, 1.165) is 17.7 Å². The average molecular weight is 414 g/mol. The molecule has 0 aliphatic carbocycles. The maximum Gasteiger partial charge on any atom is 0.416 e. The summed E-state index contributed by atoms with van der Waals surface area (Å²) in [5.41, 5.74) is 0.106. The number of alkyl halides is 3. The lowest BCUT2D eigenvalue weighted by Crippen LogP contribution is -2.30. The summed E-state index contributed by atoms with van der Waals surface area (Å²) in [6.45, 7) is 0. The van der Waals surface area contributed by atoms with Crippen molar-refractivity contribution >= 4 is 12.2 Å². The summed E-state index contributed by atoms with van der Waals surface area (Å²) in [5, 5.41) is 10.1. The Labute approximate surface area is 169 Å². The lowest BCUT2D eigenvalue weighted by atomic mass is 9.86. The Kier molecular flexibility index (Phi) is 5.22. The van der Waals surface area contributed by atoms with Crippen LogP contribution in [0.25, 0.3) is 12.2 Å². The Morgan fingerprint density at radius 3 is 2.37 bits per heavy atom. The normalized spacial score (nSPS) is 18.8. The molecule has 2 aromatic carbocycles. The van der Waals surface area contributed by atoms with Crippen LogP contribution in [0.15, 0.2) is 69.9 Å². The van der Waals surface area contributed by atoms with Crippen molar-refractivity contribution in [1.82, 2.24) is 0 Å². The zero-order chi connectivity index (χ0) is 21.3. The van der Waals surface area contributed by atoms with Crippen LogP contribution in [0, 0.1) is 0 Å². The molecule has 0 radical (unpaired) electrons. The van der Waals surface area contributed by atoms with E-state index in [1.807, 2.05) is 30.3 Å². The molecule has 1 aliphatic rings. The molecule has 4 nitrogen and oxygen atoms in total. The number of rotatable bonds is 3. The number of hydrogen-bond acceptors (Lipinski definition) is 4. The number of benzene rings is 2. The molecule has 2 atom stereocenters. The first-order valence-electron chi connectivity index (χ1n) is 9.24. The third-order valence-corrected chi connectivity index (χ3v) is 4.90. The van der Waals surface area contributed by atoms with Crippen LogP contribution in [0.4, 0.5) is 13.2 Å². The van der Waals surface area contributed by atoms with E-state index in [-0.39, 0.29) is 23.5 Å². The Balaban J connectivity index is 1.69. The van der Waals surface area contributed by atoms with Gasteiger partial charge in [-0.25, -0.2) is 4.79 Å². The van der Waals surface area contributed by atoms with E-state index in [2.05, 4.69) is 0 Å². The molecule has 0 fully saturated rings. The van der Waals surface area contributed by atoms with Crippen molar-refractivity contribution in [2.24, 2.45) is 0 Å². The van der Waals surface area contributed by atoms with E-state index in [0.29, 0.717) is 5.56 Å². The minimum atomic E-state index is -4.45. The van der Waals surface area contributed by atoms with Crippen molar-refractivity contribution in [2.45, 2.75) is 24.8 Å². The maximum atomic E-state index is 12.8. The predicted molar refractivity (Wildman–Crippen MR) is 105 cm³/mol.